The maximum Gasteiger partial charge on any atom is 0.297 e. The Morgan fingerprint density at radius 3 is 1.54 bits per heavy atom. The fourth-order valence-electron chi connectivity index (χ4n) is 1.90. The van der Waals surface area contributed by atoms with E-state index in [1.165, 1.54) is 12.1 Å². The largest absolute Gasteiger partial charge is 0.744 e. The monoisotopic (exact) mass is 429 g/mol. The summed E-state index contributed by atoms with van der Waals surface area (Å²) in [6.07, 6.45) is 0. The van der Waals surface area contributed by atoms with Crippen molar-refractivity contribution in [3.8, 4) is 0 Å². The molecule has 0 saturated heterocycles. The van der Waals surface area contributed by atoms with Crippen LogP contribution in [0.1, 0.15) is 11.1 Å². The molecular formula is C19H27NO6S2. The molecule has 0 unspecified atom stereocenters. The minimum absolute atomic E-state index is 0.178. The molecule has 0 amide bonds. The topological polar surface area (TPSA) is 101 Å². The smallest absolute Gasteiger partial charge is 0.297 e. The van der Waals surface area contributed by atoms with E-state index in [0.29, 0.717) is 11.0 Å². The van der Waals surface area contributed by atoms with Crippen molar-refractivity contribution in [3.63, 3.8) is 0 Å². The van der Waals surface area contributed by atoms with Crippen molar-refractivity contribution in [2.75, 3.05) is 34.3 Å². The third kappa shape index (κ3) is 8.94. The second-order valence-corrected chi connectivity index (χ2v) is 10.4. The summed E-state index contributed by atoms with van der Waals surface area (Å²) in [5.41, 5.74) is 1.95. The van der Waals surface area contributed by atoms with Gasteiger partial charge in [0.25, 0.3) is 10.1 Å². The van der Waals surface area contributed by atoms with Gasteiger partial charge in [0, 0.05) is 0 Å². The van der Waals surface area contributed by atoms with Gasteiger partial charge in [0.2, 0.25) is 0 Å². The van der Waals surface area contributed by atoms with Crippen LogP contribution in [-0.4, -0.2) is 60.2 Å². The van der Waals surface area contributed by atoms with E-state index >= 15 is 0 Å². The Kier molecular flexibility index (Phi) is 8.33. The van der Waals surface area contributed by atoms with Crippen LogP contribution in [0.4, 0.5) is 0 Å². The zero-order valence-electron chi connectivity index (χ0n) is 16.7. The van der Waals surface area contributed by atoms with Gasteiger partial charge in [-0.3, -0.25) is 4.18 Å². The number of hydrogen-bond donors (Lipinski definition) is 0. The first-order valence-electron chi connectivity index (χ1n) is 8.50. The van der Waals surface area contributed by atoms with Gasteiger partial charge in [0.15, 0.2) is 0 Å². The van der Waals surface area contributed by atoms with E-state index < -0.39 is 20.2 Å². The lowest BCUT2D eigenvalue weighted by atomic mass is 10.2. The Hall–Kier alpha value is -1.78. The molecule has 2 rings (SSSR count). The van der Waals surface area contributed by atoms with Gasteiger partial charge in [-0.25, -0.2) is 8.42 Å². The lowest BCUT2D eigenvalue weighted by Gasteiger charge is -2.23. The minimum atomic E-state index is -4.27. The Morgan fingerprint density at radius 1 is 0.786 bits per heavy atom. The molecule has 28 heavy (non-hydrogen) atoms. The number of hydrogen-bond acceptors (Lipinski definition) is 6. The summed E-state index contributed by atoms with van der Waals surface area (Å²) in [7, 11) is -1.92. The van der Waals surface area contributed by atoms with Crippen LogP contribution in [0.3, 0.4) is 0 Å². The van der Waals surface area contributed by atoms with Gasteiger partial charge < -0.3 is 9.04 Å². The van der Waals surface area contributed by atoms with Crippen LogP contribution in [0.25, 0.3) is 0 Å². The number of nitrogens with zero attached hydrogens (tertiary/aromatic N) is 1. The van der Waals surface area contributed by atoms with E-state index in [2.05, 4.69) is 0 Å². The standard InChI is InChI=1S/C12H20NO3S.C7H8O3S/c1-11-5-7-12(8-6-11)17(14,15)16-10-9-13(2,3)4;1-6-2-4-7(5-3-6)11(8,9)10/h5-8H,9-10H2,1-4H3;2-5H,1H3,(H,8,9,10)/q+1;/p-1. The van der Waals surface area contributed by atoms with E-state index in [1.807, 2.05) is 35.0 Å². The molecule has 0 N–H and O–H groups in total. The van der Waals surface area contributed by atoms with E-state index in [-0.39, 0.29) is 16.4 Å². The van der Waals surface area contributed by atoms with E-state index in [0.717, 1.165) is 11.1 Å². The lowest BCUT2D eigenvalue weighted by Crippen LogP contribution is -2.38. The molecule has 0 saturated carbocycles. The highest BCUT2D eigenvalue weighted by molar-refractivity contribution is 7.86. The number of likely N-dealkylation sites (N-methyl/N-ethyl adjacent to an activating group) is 1. The van der Waals surface area contributed by atoms with Crippen molar-refractivity contribution in [2.45, 2.75) is 23.6 Å². The molecule has 0 heterocycles. The predicted molar refractivity (Wildman–Crippen MR) is 106 cm³/mol. The van der Waals surface area contributed by atoms with Crippen LogP contribution in [0.2, 0.25) is 0 Å². The number of rotatable bonds is 6. The second-order valence-electron chi connectivity index (χ2n) is 7.37. The predicted octanol–water partition coefficient (Wildman–Crippen LogP) is 2.31. The molecule has 0 spiro atoms. The first-order chi connectivity index (χ1) is 12.7. The third-order valence-electron chi connectivity index (χ3n) is 3.62. The zero-order chi connectivity index (χ0) is 21.6. The SMILES string of the molecule is Cc1ccc(S(=O)(=O)OCC[N+](C)(C)C)cc1.Cc1ccc(S(=O)(=O)[O-])cc1. The summed E-state index contributed by atoms with van der Waals surface area (Å²) in [6, 6.07) is 12.4. The summed E-state index contributed by atoms with van der Waals surface area (Å²) in [6.45, 7) is 4.57. The van der Waals surface area contributed by atoms with E-state index in [4.69, 9.17) is 4.18 Å². The number of aryl methyl sites for hydroxylation is 2. The van der Waals surface area contributed by atoms with Crippen molar-refractivity contribution in [2.24, 2.45) is 0 Å². The Labute approximate surface area is 168 Å². The molecular weight excluding hydrogens is 402 g/mol. The molecule has 156 valence electrons. The van der Waals surface area contributed by atoms with Gasteiger partial charge in [0.1, 0.15) is 23.3 Å². The highest BCUT2D eigenvalue weighted by Gasteiger charge is 2.16. The van der Waals surface area contributed by atoms with Crippen LogP contribution in [0.15, 0.2) is 58.3 Å². The Balaban J connectivity index is 0.000000307. The summed E-state index contributed by atoms with van der Waals surface area (Å²) in [4.78, 5) is 0.0348. The second kappa shape index (κ2) is 9.62. The Bertz CT molecular complexity index is 959. The summed E-state index contributed by atoms with van der Waals surface area (Å²) >= 11 is 0. The average Bonchev–Trinajstić information content (AvgIpc) is 2.54. The molecule has 0 atom stereocenters. The van der Waals surface area contributed by atoms with Gasteiger partial charge in [-0.05, 0) is 38.1 Å². The maximum atomic E-state index is 11.8. The Morgan fingerprint density at radius 2 is 1.18 bits per heavy atom. The maximum absolute atomic E-state index is 11.8. The highest BCUT2D eigenvalue weighted by Crippen LogP contribution is 2.13. The van der Waals surface area contributed by atoms with Gasteiger partial charge in [-0.2, -0.15) is 8.42 Å². The number of quaternary nitrogens is 1. The fourth-order valence-corrected chi connectivity index (χ4v) is 3.27. The van der Waals surface area contributed by atoms with Gasteiger partial charge in [0.05, 0.1) is 30.9 Å². The molecule has 0 fully saturated rings. The summed E-state index contributed by atoms with van der Waals surface area (Å²) < 4.78 is 60.4. The van der Waals surface area contributed by atoms with Gasteiger partial charge in [-0.1, -0.05) is 35.4 Å². The van der Waals surface area contributed by atoms with E-state index in [9.17, 15) is 21.4 Å². The summed E-state index contributed by atoms with van der Waals surface area (Å²) in [5.74, 6) is 0. The molecule has 2 aromatic carbocycles. The molecule has 2 aromatic rings. The van der Waals surface area contributed by atoms with Crippen LogP contribution in [0, 0.1) is 13.8 Å². The zero-order valence-corrected chi connectivity index (χ0v) is 18.4. The van der Waals surface area contributed by atoms with E-state index in [1.54, 1.807) is 36.4 Å². The molecule has 9 heteroatoms. The van der Waals surface area contributed by atoms with Crippen LogP contribution < -0.4 is 0 Å². The number of benzene rings is 2. The molecule has 0 aliphatic carbocycles. The van der Waals surface area contributed by atoms with Crippen molar-refractivity contribution in [1.82, 2.24) is 0 Å². The average molecular weight is 430 g/mol. The molecule has 0 aliphatic rings. The first-order valence-corrected chi connectivity index (χ1v) is 11.3. The molecule has 0 bridgehead atoms. The molecule has 0 aromatic heterocycles. The first kappa shape index (κ1) is 24.3. The lowest BCUT2D eigenvalue weighted by molar-refractivity contribution is -0.870. The van der Waals surface area contributed by atoms with Crippen molar-refractivity contribution in [1.29, 1.82) is 0 Å². The highest BCUT2D eigenvalue weighted by atomic mass is 32.2. The molecule has 0 aliphatic heterocycles. The van der Waals surface area contributed by atoms with Crippen LogP contribution in [-0.2, 0) is 24.4 Å². The third-order valence-corrected chi connectivity index (χ3v) is 5.80. The normalized spacial score (nSPS) is 12.2. The molecule has 0 radical (unpaired) electrons. The van der Waals surface area contributed by atoms with Gasteiger partial charge in [-0.15, -0.1) is 0 Å². The van der Waals surface area contributed by atoms with Crippen LogP contribution in [0.5, 0.6) is 0 Å². The molecule has 7 nitrogen and oxygen atoms in total. The minimum Gasteiger partial charge on any atom is -0.744 e. The van der Waals surface area contributed by atoms with Crippen molar-refractivity contribution in [3.05, 3.63) is 59.7 Å². The van der Waals surface area contributed by atoms with Crippen molar-refractivity contribution >= 4 is 20.2 Å². The van der Waals surface area contributed by atoms with Crippen molar-refractivity contribution < 1.29 is 30.1 Å². The van der Waals surface area contributed by atoms with Crippen LogP contribution >= 0.6 is 0 Å². The quantitative estimate of drug-likeness (QED) is 0.397. The summed E-state index contributed by atoms with van der Waals surface area (Å²) in [5, 5.41) is 0. The fraction of sp³-hybridized carbons (Fsp3) is 0.368. The van der Waals surface area contributed by atoms with Gasteiger partial charge >= 0.3 is 0 Å².